The van der Waals surface area contributed by atoms with E-state index in [0.29, 0.717) is 11.3 Å². The highest BCUT2D eigenvalue weighted by atomic mass is 19.1. The summed E-state index contributed by atoms with van der Waals surface area (Å²) in [7, 11) is 0. The topological polar surface area (TPSA) is 101 Å². The number of nitrogens with zero attached hydrogens (tertiary/aromatic N) is 2. The Kier molecular flexibility index (Phi) is 4.70. The van der Waals surface area contributed by atoms with E-state index in [1.54, 1.807) is 0 Å². The Morgan fingerprint density at radius 1 is 1.15 bits per heavy atom. The fourth-order valence-corrected chi connectivity index (χ4v) is 2.42. The van der Waals surface area contributed by atoms with E-state index < -0.39 is 22.5 Å². The average Bonchev–Trinajstić information content (AvgIpc) is 3.08. The summed E-state index contributed by atoms with van der Waals surface area (Å²) >= 11 is 0. The molecule has 2 aromatic carbocycles. The van der Waals surface area contributed by atoms with E-state index in [0.717, 1.165) is 18.2 Å². The number of carbonyl (C=O) groups excluding carboxylic acids is 1. The number of aromatic amines is 1. The van der Waals surface area contributed by atoms with Crippen LogP contribution in [0.5, 0.6) is 0 Å². The molecule has 0 bridgehead atoms. The molecule has 9 heteroatoms. The van der Waals surface area contributed by atoms with Crippen molar-refractivity contribution in [3.05, 3.63) is 81.5 Å². The minimum Gasteiger partial charge on any atom is -0.348 e. The second-order valence-corrected chi connectivity index (χ2v) is 5.42. The normalized spacial score (nSPS) is 10.5. The molecule has 0 spiro atoms. The molecular weight excluding hydrogens is 346 g/mol. The highest BCUT2D eigenvalue weighted by Crippen LogP contribution is 2.23. The Balaban J connectivity index is 1.77. The van der Waals surface area contributed by atoms with Crippen LogP contribution in [-0.2, 0) is 6.54 Å². The predicted molar refractivity (Wildman–Crippen MR) is 88.2 cm³/mol. The van der Waals surface area contributed by atoms with Gasteiger partial charge >= 0.3 is 0 Å². The van der Waals surface area contributed by atoms with Crippen LogP contribution in [-0.4, -0.2) is 21.0 Å². The third kappa shape index (κ3) is 3.72. The van der Waals surface area contributed by atoms with Gasteiger partial charge in [0, 0.05) is 30.3 Å². The molecular formula is C17H12F2N4O3. The van der Waals surface area contributed by atoms with E-state index in [2.05, 4.69) is 15.5 Å². The minimum atomic E-state index is -0.732. The summed E-state index contributed by atoms with van der Waals surface area (Å²) in [6.07, 6.45) is 1.30. The summed E-state index contributed by atoms with van der Waals surface area (Å²) in [6, 6.07) is 8.59. The molecule has 0 saturated carbocycles. The van der Waals surface area contributed by atoms with Crippen LogP contribution in [0.1, 0.15) is 15.9 Å². The highest BCUT2D eigenvalue weighted by molar-refractivity contribution is 5.99. The number of hydrogen-bond donors (Lipinski definition) is 2. The number of hydrogen-bond acceptors (Lipinski definition) is 4. The highest BCUT2D eigenvalue weighted by Gasteiger charge is 2.16. The van der Waals surface area contributed by atoms with Crippen molar-refractivity contribution < 1.29 is 18.5 Å². The lowest BCUT2D eigenvalue weighted by Crippen LogP contribution is -2.23. The number of amides is 1. The van der Waals surface area contributed by atoms with Crippen LogP contribution >= 0.6 is 0 Å². The third-order valence-corrected chi connectivity index (χ3v) is 3.63. The van der Waals surface area contributed by atoms with Crippen LogP contribution in [0.25, 0.3) is 11.3 Å². The fourth-order valence-electron chi connectivity index (χ4n) is 2.42. The Bertz CT molecular complexity index is 950. The van der Waals surface area contributed by atoms with Gasteiger partial charge in [-0.2, -0.15) is 5.10 Å². The molecule has 1 heterocycles. The van der Waals surface area contributed by atoms with Crippen LogP contribution in [0.15, 0.2) is 48.7 Å². The van der Waals surface area contributed by atoms with Crippen molar-refractivity contribution in [2.24, 2.45) is 0 Å². The SMILES string of the molecule is O=C(NCc1cc(F)cc(F)c1)c1cn[nH]c1-c1ccc([N+](=O)[O-])cc1. The van der Waals surface area contributed by atoms with Crippen LogP contribution in [0.2, 0.25) is 0 Å². The summed E-state index contributed by atoms with van der Waals surface area (Å²) < 4.78 is 26.4. The van der Waals surface area contributed by atoms with E-state index in [-0.39, 0.29) is 23.4 Å². The van der Waals surface area contributed by atoms with Gasteiger partial charge in [0.2, 0.25) is 0 Å². The van der Waals surface area contributed by atoms with Crippen molar-refractivity contribution in [3.63, 3.8) is 0 Å². The zero-order valence-corrected chi connectivity index (χ0v) is 13.2. The van der Waals surface area contributed by atoms with Gasteiger partial charge in [0.15, 0.2) is 0 Å². The van der Waals surface area contributed by atoms with Gasteiger partial charge < -0.3 is 5.32 Å². The quantitative estimate of drug-likeness (QED) is 0.540. The van der Waals surface area contributed by atoms with Gasteiger partial charge in [-0.15, -0.1) is 0 Å². The smallest absolute Gasteiger partial charge is 0.269 e. The number of non-ortho nitro benzene ring substituents is 1. The number of nitro benzene ring substituents is 1. The average molecular weight is 358 g/mol. The molecule has 26 heavy (non-hydrogen) atoms. The molecule has 0 saturated heterocycles. The van der Waals surface area contributed by atoms with Gasteiger partial charge in [-0.05, 0) is 29.8 Å². The van der Waals surface area contributed by atoms with Gasteiger partial charge in [0.05, 0.1) is 22.4 Å². The Morgan fingerprint density at radius 2 is 1.81 bits per heavy atom. The molecule has 132 valence electrons. The molecule has 0 radical (unpaired) electrons. The summed E-state index contributed by atoms with van der Waals surface area (Å²) in [5, 5.41) is 19.8. The molecule has 1 amide bonds. The second kappa shape index (κ2) is 7.09. The molecule has 2 N–H and O–H groups in total. The molecule has 0 aliphatic rings. The molecule has 0 aliphatic carbocycles. The Morgan fingerprint density at radius 3 is 2.42 bits per heavy atom. The molecule has 0 atom stereocenters. The summed E-state index contributed by atoms with van der Waals surface area (Å²) in [4.78, 5) is 22.5. The Hall–Kier alpha value is -3.62. The number of benzene rings is 2. The number of rotatable bonds is 5. The lowest BCUT2D eigenvalue weighted by atomic mass is 10.1. The van der Waals surface area contributed by atoms with E-state index in [9.17, 15) is 23.7 Å². The van der Waals surface area contributed by atoms with Crippen molar-refractivity contribution >= 4 is 11.6 Å². The lowest BCUT2D eigenvalue weighted by Gasteiger charge is -2.07. The monoisotopic (exact) mass is 358 g/mol. The fraction of sp³-hybridized carbons (Fsp3) is 0.0588. The van der Waals surface area contributed by atoms with Crippen molar-refractivity contribution in [2.75, 3.05) is 0 Å². The number of H-pyrrole nitrogens is 1. The van der Waals surface area contributed by atoms with E-state index in [4.69, 9.17) is 0 Å². The number of nitrogens with one attached hydrogen (secondary N) is 2. The first-order valence-electron chi connectivity index (χ1n) is 7.45. The van der Waals surface area contributed by atoms with Crippen molar-refractivity contribution in [3.8, 4) is 11.3 Å². The van der Waals surface area contributed by atoms with Crippen LogP contribution in [0.3, 0.4) is 0 Å². The molecule has 3 aromatic rings. The number of nitro groups is 1. The lowest BCUT2D eigenvalue weighted by molar-refractivity contribution is -0.384. The molecule has 0 aliphatic heterocycles. The van der Waals surface area contributed by atoms with Crippen LogP contribution in [0, 0.1) is 21.7 Å². The Labute approximate surface area is 145 Å². The third-order valence-electron chi connectivity index (χ3n) is 3.63. The molecule has 7 nitrogen and oxygen atoms in total. The zero-order valence-electron chi connectivity index (χ0n) is 13.2. The standard InChI is InChI=1S/C17H12F2N4O3/c18-12-5-10(6-13(19)7-12)8-20-17(24)15-9-21-22-16(15)11-1-3-14(4-2-11)23(25)26/h1-7,9H,8H2,(H,20,24)(H,21,22). The number of carbonyl (C=O) groups is 1. The van der Waals surface area contributed by atoms with Gasteiger partial charge in [-0.3, -0.25) is 20.0 Å². The van der Waals surface area contributed by atoms with Crippen molar-refractivity contribution in [1.29, 1.82) is 0 Å². The molecule has 3 rings (SSSR count). The first kappa shape index (κ1) is 17.2. The van der Waals surface area contributed by atoms with Gasteiger partial charge in [0.1, 0.15) is 11.6 Å². The van der Waals surface area contributed by atoms with Crippen molar-refractivity contribution in [2.45, 2.75) is 6.54 Å². The maximum atomic E-state index is 13.2. The number of aromatic nitrogens is 2. The molecule has 0 unspecified atom stereocenters. The van der Waals surface area contributed by atoms with E-state index in [1.807, 2.05) is 0 Å². The van der Waals surface area contributed by atoms with Gasteiger partial charge in [0.25, 0.3) is 11.6 Å². The zero-order chi connectivity index (χ0) is 18.7. The van der Waals surface area contributed by atoms with E-state index in [1.165, 1.54) is 30.5 Å². The maximum Gasteiger partial charge on any atom is 0.269 e. The predicted octanol–water partition coefficient (Wildman–Crippen LogP) is 3.19. The first-order valence-corrected chi connectivity index (χ1v) is 7.45. The van der Waals surface area contributed by atoms with Crippen LogP contribution < -0.4 is 5.32 Å². The summed E-state index contributed by atoms with van der Waals surface area (Å²) in [6.45, 7) is -0.0710. The second-order valence-electron chi connectivity index (χ2n) is 5.42. The first-order chi connectivity index (χ1) is 12.4. The number of halogens is 2. The van der Waals surface area contributed by atoms with Crippen LogP contribution in [0.4, 0.5) is 14.5 Å². The minimum absolute atomic E-state index is 0.0710. The maximum absolute atomic E-state index is 13.2. The van der Waals surface area contributed by atoms with Gasteiger partial charge in [-0.1, -0.05) is 0 Å². The summed E-state index contributed by atoms with van der Waals surface area (Å²) in [5.74, 6) is -1.97. The molecule has 0 fully saturated rings. The van der Waals surface area contributed by atoms with Crippen molar-refractivity contribution in [1.82, 2.24) is 15.5 Å². The summed E-state index contributed by atoms with van der Waals surface area (Å²) in [5.41, 5.74) is 1.32. The largest absolute Gasteiger partial charge is 0.348 e. The van der Waals surface area contributed by atoms with E-state index >= 15 is 0 Å². The van der Waals surface area contributed by atoms with Gasteiger partial charge in [-0.25, -0.2) is 8.78 Å². The molecule has 1 aromatic heterocycles.